The van der Waals surface area contributed by atoms with Gasteiger partial charge in [-0.25, -0.2) is 4.39 Å². The van der Waals surface area contributed by atoms with Crippen LogP contribution >= 0.6 is 11.8 Å². The highest BCUT2D eigenvalue weighted by Gasteiger charge is 2.35. The number of carbonyl (C=O) groups excluding carboxylic acids is 2. The SMILES string of the molecule is CCCCC(=O)Nc1ccc([C@H]2SCC(=O)N2c2ccccc2F)cc1. The number of halogens is 1. The van der Waals surface area contributed by atoms with Gasteiger partial charge in [0.1, 0.15) is 11.2 Å². The van der Waals surface area contributed by atoms with Gasteiger partial charge >= 0.3 is 0 Å². The van der Waals surface area contributed by atoms with Gasteiger partial charge in [0.25, 0.3) is 0 Å². The lowest BCUT2D eigenvalue weighted by molar-refractivity contribution is -0.116. The predicted octanol–water partition coefficient (Wildman–Crippen LogP) is 4.73. The summed E-state index contributed by atoms with van der Waals surface area (Å²) in [5.41, 5.74) is 1.92. The summed E-state index contributed by atoms with van der Waals surface area (Å²) in [4.78, 5) is 25.6. The van der Waals surface area contributed by atoms with E-state index in [0.29, 0.717) is 17.9 Å². The van der Waals surface area contributed by atoms with Crippen molar-refractivity contribution in [3.8, 4) is 0 Å². The number of nitrogens with one attached hydrogen (secondary N) is 1. The molecule has 1 N–H and O–H groups in total. The van der Waals surface area contributed by atoms with Gasteiger partial charge in [-0.05, 0) is 36.2 Å². The average molecular weight is 372 g/mol. The first-order valence-corrected chi connectivity index (χ1v) is 9.73. The number of thioether (sulfide) groups is 1. The van der Waals surface area contributed by atoms with E-state index in [1.807, 2.05) is 31.2 Å². The smallest absolute Gasteiger partial charge is 0.238 e. The number of hydrogen-bond acceptors (Lipinski definition) is 3. The summed E-state index contributed by atoms with van der Waals surface area (Å²) in [6.45, 7) is 2.05. The Kier molecular flexibility index (Phi) is 5.93. The minimum Gasteiger partial charge on any atom is -0.326 e. The van der Waals surface area contributed by atoms with Crippen molar-refractivity contribution >= 4 is 35.0 Å². The second-order valence-corrected chi connectivity index (χ2v) is 7.22. The van der Waals surface area contributed by atoms with Crippen molar-refractivity contribution in [3.63, 3.8) is 0 Å². The van der Waals surface area contributed by atoms with Crippen molar-refractivity contribution in [2.24, 2.45) is 0 Å². The van der Waals surface area contributed by atoms with Crippen molar-refractivity contribution < 1.29 is 14.0 Å². The van der Waals surface area contributed by atoms with E-state index >= 15 is 0 Å². The molecule has 2 aromatic rings. The Morgan fingerprint density at radius 2 is 1.96 bits per heavy atom. The molecule has 1 atom stereocenters. The van der Waals surface area contributed by atoms with Crippen LogP contribution in [0.1, 0.15) is 37.1 Å². The number of carbonyl (C=O) groups is 2. The molecule has 1 heterocycles. The molecule has 4 nitrogen and oxygen atoms in total. The molecule has 3 rings (SSSR count). The van der Waals surface area contributed by atoms with E-state index in [1.54, 1.807) is 18.2 Å². The van der Waals surface area contributed by atoms with Crippen molar-refractivity contribution in [1.82, 2.24) is 0 Å². The molecule has 0 bridgehead atoms. The molecule has 2 aromatic carbocycles. The molecule has 0 spiro atoms. The van der Waals surface area contributed by atoms with Crippen LogP contribution in [0.25, 0.3) is 0 Å². The number of amides is 2. The van der Waals surface area contributed by atoms with E-state index in [0.717, 1.165) is 24.1 Å². The second kappa shape index (κ2) is 8.36. The zero-order valence-electron chi connectivity index (χ0n) is 14.6. The monoisotopic (exact) mass is 372 g/mol. The van der Waals surface area contributed by atoms with Gasteiger partial charge in [-0.2, -0.15) is 0 Å². The van der Waals surface area contributed by atoms with Gasteiger partial charge in [0.05, 0.1) is 11.4 Å². The van der Waals surface area contributed by atoms with Gasteiger partial charge in [-0.15, -0.1) is 11.8 Å². The molecular weight excluding hydrogens is 351 g/mol. The van der Waals surface area contributed by atoms with Crippen LogP contribution in [0.5, 0.6) is 0 Å². The summed E-state index contributed by atoms with van der Waals surface area (Å²) < 4.78 is 14.2. The highest BCUT2D eigenvalue weighted by Crippen LogP contribution is 2.42. The number of unbranched alkanes of at least 4 members (excludes halogenated alkanes) is 1. The highest BCUT2D eigenvalue weighted by atomic mass is 32.2. The summed E-state index contributed by atoms with van der Waals surface area (Å²) in [7, 11) is 0. The Balaban J connectivity index is 1.77. The van der Waals surface area contributed by atoms with Crippen LogP contribution in [0.4, 0.5) is 15.8 Å². The van der Waals surface area contributed by atoms with Gasteiger partial charge in [0.15, 0.2) is 0 Å². The molecule has 136 valence electrons. The number of nitrogens with zero attached hydrogens (tertiary/aromatic N) is 1. The largest absolute Gasteiger partial charge is 0.326 e. The normalized spacial score (nSPS) is 16.8. The predicted molar refractivity (Wildman–Crippen MR) is 104 cm³/mol. The van der Waals surface area contributed by atoms with Crippen LogP contribution in [-0.4, -0.2) is 17.6 Å². The molecule has 0 aromatic heterocycles. The zero-order chi connectivity index (χ0) is 18.5. The molecule has 2 amide bonds. The van der Waals surface area contributed by atoms with Crippen LogP contribution in [0.15, 0.2) is 48.5 Å². The van der Waals surface area contributed by atoms with Gasteiger partial charge in [0.2, 0.25) is 11.8 Å². The summed E-state index contributed by atoms with van der Waals surface area (Å²) in [6, 6.07) is 13.7. The van der Waals surface area contributed by atoms with Crippen LogP contribution in [-0.2, 0) is 9.59 Å². The third kappa shape index (κ3) is 4.07. The van der Waals surface area contributed by atoms with E-state index in [4.69, 9.17) is 0 Å². The summed E-state index contributed by atoms with van der Waals surface area (Å²) in [5, 5.41) is 2.60. The lowest BCUT2D eigenvalue weighted by Crippen LogP contribution is -2.28. The van der Waals surface area contributed by atoms with Gasteiger partial charge in [-0.3, -0.25) is 14.5 Å². The van der Waals surface area contributed by atoms with Crippen molar-refractivity contribution in [3.05, 3.63) is 59.9 Å². The molecule has 0 aliphatic carbocycles. The van der Waals surface area contributed by atoms with E-state index in [2.05, 4.69) is 5.32 Å². The molecule has 0 radical (unpaired) electrons. The van der Waals surface area contributed by atoms with Crippen LogP contribution < -0.4 is 10.2 Å². The van der Waals surface area contributed by atoms with Crippen molar-refractivity contribution in [2.45, 2.75) is 31.6 Å². The quantitative estimate of drug-likeness (QED) is 0.797. The second-order valence-electron chi connectivity index (χ2n) is 6.15. The third-order valence-electron chi connectivity index (χ3n) is 4.22. The van der Waals surface area contributed by atoms with E-state index in [-0.39, 0.29) is 17.2 Å². The Morgan fingerprint density at radius 1 is 1.23 bits per heavy atom. The minimum atomic E-state index is -0.409. The lowest BCUT2D eigenvalue weighted by atomic mass is 10.1. The fraction of sp³-hybridized carbons (Fsp3) is 0.300. The fourth-order valence-corrected chi connectivity index (χ4v) is 4.04. The summed E-state index contributed by atoms with van der Waals surface area (Å²) in [5.74, 6) is -0.206. The Bertz CT molecular complexity index is 795. The molecule has 0 unspecified atom stereocenters. The molecule has 1 aliphatic rings. The Hall–Kier alpha value is -2.34. The molecule has 1 fully saturated rings. The molecule has 6 heteroatoms. The standard InChI is InChI=1S/C20H21FN2O2S/c1-2-3-8-18(24)22-15-11-9-14(10-12-15)20-23(19(25)13-26-20)17-7-5-4-6-16(17)21/h4-7,9-12,20H,2-3,8,13H2,1H3,(H,22,24)/t20-/m1/s1. The maximum absolute atomic E-state index is 14.2. The Morgan fingerprint density at radius 3 is 2.65 bits per heavy atom. The zero-order valence-corrected chi connectivity index (χ0v) is 15.4. The first kappa shape index (κ1) is 18.5. The number of hydrogen-bond donors (Lipinski definition) is 1. The molecule has 0 saturated carbocycles. The number of benzene rings is 2. The van der Waals surface area contributed by atoms with Gasteiger partial charge in [0, 0.05) is 12.1 Å². The molecular formula is C20H21FN2O2S. The van der Waals surface area contributed by atoms with Gasteiger partial charge in [-0.1, -0.05) is 37.6 Å². The number of rotatable bonds is 6. The van der Waals surface area contributed by atoms with E-state index in [1.165, 1.54) is 22.7 Å². The highest BCUT2D eigenvalue weighted by molar-refractivity contribution is 8.00. The van der Waals surface area contributed by atoms with Crippen molar-refractivity contribution in [1.29, 1.82) is 0 Å². The lowest BCUT2D eigenvalue weighted by Gasteiger charge is -2.24. The van der Waals surface area contributed by atoms with E-state index in [9.17, 15) is 14.0 Å². The fourth-order valence-electron chi connectivity index (χ4n) is 2.87. The minimum absolute atomic E-state index is 0.00185. The van der Waals surface area contributed by atoms with Crippen molar-refractivity contribution in [2.75, 3.05) is 16.0 Å². The van der Waals surface area contributed by atoms with Crippen LogP contribution in [0.3, 0.4) is 0 Å². The number of para-hydroxylation sites is 1. The maximum atomic E-state index is 14.2. The average Bonchev–Trinajstić information content (AvgIpc) is 3.02. The maximum Gasteiger partial charge on any atom is 0.238 e. The first-order chi connectivity index (χ1) is 12.6. The van der Waals surface area contributed by atoms with Crippen LogP contribution in [0, 0.1) is 5.82 Å². The van der Waals surface area contributed by atoms with E-state index < -0.39 is 5.82 Å². The molecule has 26 heavy (non-hydrogen) atoms. The first-order valence-electron chi connectivity index (χ1n) is 8.68. The van der Waals surface area contributed by atoms with Gasteiger partial charge < -0.3 is 5.32 Å². The Labute approximate surface area is 156 Å². The molecule has 1 aliphatic heterocycles. The topological polar surface area (TPSA) is 49.4 Å². The summed E-state index contributed by atoms with van der Waals surface area (Å²) >= 11 is 1.47. The number of anilines is 2. The summed E-state index contributed by atoms with van der Waals surface area (Å²) in [6.07, 6.45) is 2.35. The third-order valence-corrected chi connectivity index (χ3v) is 5.43. The van der Waals surface area contributed by atoms with Crippen LogP contribution in [0.2, 0.25) is 0 Å². The molecule has 1 saturated heterocycles.